The Hall–Kier alpha value is -2.50. The van der Waals surface area contributed by atoms with Gasteiger partial charge in [-0.2, -0.15) is 5.10 Å². The molecule has 0 bridgehead atoms. The number of anilines is 1. The van der Waals surface area contributed by atoms with Gasteiger partial charge in [-0.05, 0) is 31.2 Å². The van der Waals surface area contributed by atoms with Crippen LogP contribution in [0.5, 0.6) is 5.75 Å². The molecule has 0 saturated carbocycles. The quantitative estimate of drug-likeness (QED) is 0.611. The molecule has 1 aromatic carbocycles. The van der Waals surface area contributed by atoms with Gasteiger partial charge >= 0.3 is 6.36 Å². The van der Waals surface area contributed by atoms with E-state index in [1.165, 1.54) is 0 Å². The van der Waals surface area contributed by atoms with Gasteiger partial charge in [0, 0.05) is 5.69 Å². The molecule has 0 aliphatic rings. The average Bonchev–Trinajstić information content (AvgIpc) is 2.92. The van der Waals surface area contributed by atoms with Crippen LogP contribution in [0.4, 0.5) is 36.4 Å². The largest absolute Gasteiger partial charge is 0.573 e. The fourth-order valence-corrected chi connectivity index (χ4v) is 2.46. The number of aromatic nitrogens is 2. The summed E-state index contributed by atoms with van der Waals surface area (Å²) in [5.41, 5.74) is -2.13. The van der Waals surface area contributed by atoms with Gasteiger partial charge in [0.15, 0.2) is 0 Å². The summed E-state index contributed by atoms with van der Waals surface area (Å²) in [6.45, 7) is 1.11. The zero-order valence-corrected chi connectivity index (χ0v) is 14.5. The van der Waals surface area contributed by atoms with Crippen LogP contribution in [0.3, 0.4) is 0 Å². The number of ether oxygens (including phenoxy) is 1. The van der Waals surface area contributed by atoms with Crippen molar-refractivity contribution < 1.29 is 40.3 Å². The first-order valence-electron chi connectivity index (χ1n) is 7.41. The van der Waals surface area contributed by atoms with Gasteiger partial charge < -0.3 is 10.1 Å². The number of carbonyl (C=O) groups excluding carboxylic acids is 1. The molecular formula is C15H11ClF7N3O2. The molecule has 0 aliphatic carbocycles. The first-order chi connectivity index (χ1) is 12.9. The minimum absolute atomic E-state index is 0.0114. The highest BCUT2D eigenvalue weighted by molar-refractivity contribution is 6.32. The number of halogens is 8. The average molecular weight is 434 g/mol. The standard InChI is InChI=1S/C15H11ClF7N3O2/c1-6(26-11(13(19)20)9(16)10(25-26)12(17)18)14(27)24-7-2-4-8(5-3-7)28-15(21,22)23/h2-6,12-13H,1H3,(H,24,27). The monoisotopic (exact) mass is 433 g/mol. The first-order valence-corrected chi connectivity index (χ1v) is 7.79. The van der Waals surface area contributed by atoms with Crippen LogP contribution in [-0.2, 0) is 4.79 Å². The normalized spacial score (nSPS) is 13.1. The van der Waals surface area contributed by atoms with Gasteiger partial charge in [-0.25, -0.2) is 22.2 Å². The minimum Gasteiger partial charge on any atom is -0.406 e. The molecule has 0 fully saturated rings. The molecule has 0 saturated heterocycles. The zero-order valence-electron chi connectivity index (χ0n) is 13.8. The number of nitrogens with zero attached hydrogens (tertiary/aromatic N) is 2. The van der Waals surface area contributed by atoms with Gasteiger partial charge in [-0.1, -0.05) is 11.6 Å². The van der Waals surface area contributed by atoms with E-state index in [4.69, 9.17) is 11.6 Å². The summed E-state index contributed by atoms with van der Waals surface area (Å²) in [6.07, 6.45) is -11.4. The second kappa shape index (κ2) is 8.25. The molecule has 1 atom stereocenters. The van der Waals surface area contributed by atoms with Crippen LogP contribution in [-0.4, -0.2) is 22.1 Å². The predicted molar refractivity (Wildman–Crippen MR) is 83.6 cm³/mol. The third kappa shape index (κ3) is 5.06. The van der Waals surface area contributed by atoms with Crippen LogP contribution < -0.4 is 10.1 Å². The number of amides is 1. The van der Waals surface area contributed by atoms with Gasteiger partial charge in [0.2, 0.25) is 5.91 Å². The van der Waals surface area contributed by atoms with E-state index in [0.717, 1.165) is 31.2 Å². The Morgan fingerprint density at radius 3 is 2.18 bits per heavy atom. The van der Waals surface area contributed by atoms with Gasteiger partial charge in [0.1, 0.15) is 23.2 Å². The van der Waals surface area contributed by atoms with E-state index in [0.29, 0.717) is 4.68 Å². The maximum atomic E-state index is 13.2. The number of alkyl halides is 7. The van der Waals surface area contributed by atoms with Crippen molar-refractivity contribution >= 4 is 23.2 Å². The molecule has 2 aromatic rings. The van der Waals surface area contributed by atoms with Crippen molar-refractivity contribution in [3.63, 3.8) is 0 Å². The van der Waals surface area contributed by atoms with Gasteiger partial charge in [-0.3, -0.25) is 4.79 Å². The predicted octanol–water partition coefficient (Wildman–Crippen LogP) is 5.51. The molecule has 0 radical (unpaired) electrons. The summed E-state index contributed by atoms with van der Waals surface area (Å²) in [5, 5.41) is 4.59. The second-order valence-electron chi connectivity index (χ2n) is 5.37. The second-order valence-corrected chi connectivity index (χ2v) is 5.75. The number of hydrogen-bond acceptors (Lipinski definition) is 3. The summed E-state index contributed by atoms with van der Waals surface area (Å²) in [4.78, 5) is 12.2. The highest BCUT2D eigenvalue weighted by Crippen LogP contribution is 2.36. The van der Waals surface area contributed by atoms with Crippen molar-refractivity contribution in [3.05, 3.63) is 40.7 Å². The molecule has 1 unspecified atom stereocenters. The lowest BCUT2D eigenvalue weighted by Crippen LogP contribution is -2.26. The molecular weight excluding hydrogens is 423 g/mol. The van der Waals surface area contributed by atoms with Crippen LogP contribution in [0.25, 0.3) is 0 Å². The van der Waals surface area contributed by atoms with Crippen molar-refractivity contribution in [3.8, 4) is 5.75 Å². The summed E-state index contributed by atoms with van der Waals surface area (Å²) in [7, 11) is 0. The Labute approximate surface area is 158 Å². The van der Waals surface area contributed by atoms with Crippen molar-refractivity contribution in [2.45, 2.75) is 32.2 Å². The van der Waals surface area contributed by atoms with Crippen molar-refractivity contribution in [1.82, 2.24) is 9.78 Å². The lowest BCUT2D eigenvalue weighted by molar-refractivity contribution is -0.274. The highest BCUT2D eigenvalue weighted by Gasteiger charge is 2.32. The summed E-state index contributed by atoms with van der Waals surface area (Å²) < 4.78 is 92.4. The zero-order chi connectivity index (χ0) is 21.2. The molecule has 28 heavy (non-hydrogen) atoms. The number of rotatable bonds is 6. The summed E-state index contributed by atoms with van der Waals surface area (Å²) in [6, 6.07) is 2.50. The molecule has 1 N–H and O–H groups in total. The van der Waals surface area contributed by atoms with E-state index in [1.54, 1.807) is 0 Å². The molecule has 1 aromatic heterocycles. The molecule has 5 nitrogen and oxygen atoms in total. The number of benzene rings is 1. The topological polar surface area (TPSA) is 56.1 Å². The SMILES string of the molecule is CC(C(=O)Nc1ccc(OC(F)(F)F)cc1)n1nc(C(F)F)c(Cl)c1C(F)F. The Bertz CT molecular complexity index is 837. The van der Waals surface area contributed by atoms with Crippen LogP contribution in [0.15, 0.2) is 24.3 Å². The third-order valence-corrected chi connectivity index (χ3v) is 3.81. The Morgan fingerprint density at radius 1 is 1.14 bits per heavy atom. The lowest BCUT2D eigenvalue weighted by atomic mass is 10.2. The molecule has 1 heterocycles. The van der Waals surface area contributed by atoms with Crippen molar-refractivity contribution in [2.75, 3.05) is 5.32 Å². The summed E-state index contributed by atoms with van der Waals surface area (Å²) in [5.74, 6) is -1.48. The lowest BCUT2D eigenvalue weighted by Gasteiger charge is -2.16. The van der Waals surface area contributed by atoms with Gasteiger partial charge in [-0.15, -0.1) is 13.2 Å². The highest BCUT2D eigenvalue weighted by atomic mass is 35.5. The van der Waals surface area contributed by atoms with E-state index in [2.05, 4.69) is 15.2 Å². The minimum atomic E-state index is -4.90. The molecule has 13 heteroatoms. The van der Waals surface area contributed by atoms with E-state index >= 15 is 0 Å². The van der Waals surface area contributed by atoms with Crippen LogP contribution in [0.2, 0.25) is 5.02 Å². The van der Waals surface area contributed by atoms with Crippen LogP contribution in [0.1, 0.15) is 37.2 Å². The fourth-order valence-electron chi connectivity index (χ4n) is 2.17. The number of carbonyl (C=O) groups is 1. The van der Waals surface area contributed by atoms with E-state index in [9.17, 15) is 35.5 Å². The Balaban J connectivity index is 2.20. The Morgan fingerprint density at radius 2 is 1.71 bits per heavy atom. The van der Waals surface area contributed by atoms with Crippen LogP contribution in [0, 0.1) is 0 Å². The molecule has 0 spiro atoms. The maximum Gasteiger partial charge on any atom is 0.573 e. The van der Waals surface area contributed by atoms with Crippen molar-refractivity contribution in [1.29, 1.82) is 0 Å². The molecule has 154 valence electrons. The first kappa shape index (κ1) is 21.8. The summed E-state index contributed by atoms with van der Waals surface area (Å²) >= 11 is 5.52. The van der Waals surface area contributed by atoms with Gasteiger partial charge in [0.25, 0.3) is 12.9 Å². The van der Waals surface area contributed by atoms with Crippen molar-refractivity contribution in [2.24, 2.45) is 0 Å². The molecule has 1 amide bonds. The maximum absolute atomic E-state index is 13.2. The fraction of sp³-hybridized carbons (Fsp3) is 0.333. The molecule has 2 rings (SSSR count). The number of hydrogen-bond donors (Lipinski definition) is 1. The van der Waals surface area contributed by atoms with E-state index < -0.39 is 53.3 Å². The number of nitrogens with one attached hydrogen (secondary N) is 1. The molecule has 0 aliphatic heterocycles. The Kier molecular flexibility index (Phi) is 6.42. The third-order valence-electron chi connectivity index (χ3n) is 3.43. The smallest absolute Gasteiger partial charge is 0.406 e. The van der Waals surface area contributed by atoms with E-state index in [-0.39, 0.29) is 5.69 Å². The van der Waals surface area contributed by atoms with Crippen LogP contribution >= 0.6 is 11.6 Å². The van der Waals surface area contributed by atoms with E-state index in [1.807, 2.05) is 0 Å². The van der Waals surface area contributed by atoms with Gasteiger partial charge in [0.05, 0.1) is 5.02 Å².